The van der Waals surface area contributed by atoms with Gasteiger partial charge in [0.1, 0.15) is 0 Å². The summed E-state index contributed by atoms with van der Waals surface area (Å²) in [4.78, 5) is 16.5. The Morgan fingerprint density at radius 1 is 1.41 bits per heavy atom. The predicted octanol–water partition coefficient (Wildman–Crippen LogP) is 1.75. The van der Waals surface area contributed by atoms with Crippen molar-refractivity contribution in [2.45, 2.75) is 38.8 Å². The molecule has 4 nitrogen and oxygen atoms in total. The van der Waals surface area contributed by atoms with E-state index >= 15 is 0 Å². The number of rotatable bonds is 7. The van der Waals surface area contributed by atoms with Gasteiger partial charge in [-0.2, -0.15) is 0 Å². The lowest BCUT2D eigenvalue weighted by molar-refractivity contribution is -0.134. The lowest BCUT2D eigenvalue weighted by atomic mass is 10.1. The molecule has 1 aromatic carbocycles. The van der Waals surface area contributed by atoms with Gasteiger partial charge in [0.15, 0.2) is 0 Å². The number of hydrogen-bond acceptors (Lipinski definition) is 3. The molecular weight excluding hydrogens is 216 g/mol. The van der Waals surface area contributed by atoms with Gasteiger partial charge in [-0.15, -0.1) is 0 Å². The third-order valence-corrected chi connectivity index (χ3v) is 2.37. The van der Waals surface area contributed by atoms with Crippen molar-refractivity contribution in [1.29, 1.82) is 0 Å². The van der Waals surface area contributed by atoms with Crippen molar-refractivity contribution in [1.82, 2.24) is 5.48 Å². The van der Waals surface area contributed by atoms with Crippen molar-refractivity contribution in [3.8, 4) is 0 Å². The molecule has 0 radical (unpaired) electrons. The van der Waals surface area contributed by atoms with Crippen molar-refractivity contribution in [2.24, 2.45) is 5.73 Å². The van der Waals surface area contributed by atoms with E-state index in [1.807, 2.05) is 37.3 Å². The SMILES string of the molecule is CCCC(N)CC(=O)NOCc1ccccc1. The fourth-order valence-electron chi connectivity index (χ4n) is 1.53. The van der Waals surface area contributed by atoms with Gasteiger partial charge in [0.2, 0.25) is 5.91 Å². The Morgan fingerprint density at radius 3 is 2.76 bits per heavy atom. The number of hydroxylamine groups is 1. The molecule has 0 fully saturated rings. The lowest BCUT2D eigenvalue weighted by Crippen LogP contribution is -2.31. The molecule has 1 rings (SSSR count). The summed E-state index contributed by atoms with van der Waals surface area (Å²) in [6, 6.07) is 9.59. The summed E-state index contributed by atoms with van der Waals surface area (Å²) in [5.41, 5.74) is 9.17. The molecule has 0 aromatic heterocycles. The second-order valence-electron chi connectivity index (χ2n) is 4.05. The average molecular weight is 236 g/mol. The molecule has 17 heavy (non-hydrogen) atoms. The van der Waals surface area contributed by atoms with Crippen molar-refractivity contribution >= 4 is 5.91 Å². The number of nitrogens with one attached hydrogen (secondary N) is 1. The summed E-state index contributed by atoms with van der Waals surface area (Å²) in [7, 11) is 0. The van der Waals surface area contributed by atoms with Gasteiger partial charge in [-0.3, -0.25) is 9.63 Å². The molecular formula is C13H20N2O2. The van der Waals surface area contributed by atoms with E-state index in [0.29, 0.717) is 13.0 Å². The Hall–Kier alpha value is -1.39. The highest BCUT2D eigenvalue weighted by Crippen LogP contribution is 2.00. The molecule has 94 valence electrons. The topological polar surface area (TPSA) is 64.4 Å². The van der Waals surface area contributed by atoms with Crippen LogP contribution in [-0.2, 0) is 16.2 Å². The van der Waals surface area contributed by atoms with Gasteiger partial charge in [0.25, 0.3) is 0 Å². The Labute approximate surface area is 102 Å². The maximum atomic E-state index is 11.4. The standard InChI is InChI=1S/C13H20N2O2/c1-2-6-12(14)9-13(16)15-17-10-11-7-4-3-5-8-11/h3-5,7-8,12H,2,6,9-10,14H2,1H3,(H,15,16). The summed E-state index contributed by atoms with van der Waals surface area (Å²) in [6.07, 6.45) is 2.15. The van der Waals surface area contributed by atoms with E-state index in [9.17, 15) is 4.79 Å². The summed E-state index contributed by atoms with van der Waals surface area (Å²) in [5, 5.41) is 0. The molecule has 1 amide bonds. The number of nitrogens with two attached hydrogens (primary N) is 1. The van der Waals surface area contributed by atoms with Gasteiger partial charge >= 0.3 is 0 Å². The minimum Gasteiger partial charge on any atom is -0.327 e. The maximum Gasteiger partial charge on any atom is 0.245 e. The molecule has 0 heterocycles. The van der Waals surface area contributed by atoms with Crippen LogP contribution in [0.1, 0.15) is 31.7 Å². The molecule has 4 heteroatoms. The van der Waals surface area contributed by atoms with Gasteiger partial charge in [-0.25, -0.2) is 5.48 Å². The van der Waals surface area contributed by atoms with Crippen molar-refractivity contribution in [2.75, 3.05) is 0 Å². The van der Waals surface area contributed by atoms with Crippen molar-refractivity contribution in [3.63, 3.8) is 0 Å². The van der Waals surface area contributed by atoms with E-state index in [1.165, 1.54) is 0 Å². The van der Waals surface area contributed by atoms with Gasteiger partial charge in [0.05, 0.1) is 6.61 Å². The molecule has 0 aliphatic heterocycles. The highest BCUT2D eigenvalue weighted by Gasteiger charge is 2.08. The fourth-order valence-corrected chi connectivity index (χ4v) is 1.53. The molecule has 1 atom stereocenters. The van der Waals surface area contributed by atoms with Gasteiger partial charge < -0.3 is 5.73 Å². The molecule has 0 aliphatic carbocycles. The monoisotopic (exact) mass is 236 g/mol. The molecule has 3 N–H and O–H groups in total. The van der Waals surface area contributed by atoms with E-state index in [2.05, 4.69) is 5.48 Å². The van der Waals surface area contributed by atoms with Crippen LogP contribution in [0.25, 0.3) is 0 Å². The van der Waals surface area contributed by atoms with Crippen molar-refractivity contribution < 1.29 is 9.63 Å². The van der Waals surface area contributed by atoms with Crippen LogP contribution < -0.4 is 11.2 Å². The van der Waals surface area contributed by atoms with E-state index in [0.717, 1.165) is 18.4 Å². The number of benzene rings is 1. The zero-order valence-corrected chi connectivity index (χ0v) is 10.2. The number of carbonyl (C=O) groups is 1. The molecule has 0 saturated heterocycles. The van der Waals surface area contributed by atoms with Crippen molar-refractivity contribution in [3.05, 3.63) is 35.9 Å². The van der Waals surface area contributed by atoms with Crippen LogP contribution in [0, 0.1) is 0 Å². The Kier molecular flexibility index (Phi) is 6.29. The Bertz CT molecular complexity index is 327. The largest absolute Gasteiger partial charge is 0.327 e. The second kappa shape index (κ2) is 7.81. The third kappa shape index (κ3) is 6.04. The van der Waals surface area contributed by atoms with E-state index < -0.39 is 0 Å². The van der Waals surface area contributed by atoms with Crippen LogP contribution in [0.5, 0.6) is 0 Å². The quantitative estimate of drug-likeness (QED) is 0.709. The maximum absolute atomic E-state index is 11.4. The summed E-state index contributed by atoms with van der Waals surface area (Å²) < 4.78 is 0. The highest BCUT2D eigenvalue weighted by molar-refractivity contribution is 5.75. The average Bonchev–Trinajstić information content (AvgIpc) is 2.30. The van der Waals surface area contributed by atoms with Crippen LogP contribution in [0.3, 0.4) is 0 Å². The Balaban J connectivity index is 2.16. The first kappa shape index (κ1) is 13.7. The van der Waals surface area contributed by atoms with E-state index in [4.69, 9.17) is 10.6 Å². The number of carbonyl (C=O) groups excluding carboxylic acids is 1. The normalized spacial score (nSPS) is 12.1. The third-order valence-electron chi connectivity index (χ3n) is 2.37. The van der Waals surface area contributed by atoms with Gasteiger partial charge in [-0.05, 0) is 12.0 Å². The number of hydrogen-bond donors (Lipinski definition) is 2. The first-order valence-corrected chi connectivity index (χ1v) is 5.92. The fraction of sp³-hybridized carbons (Fsp3) is 0.462. The van der Waals surface area contributed by atoms with Crippen LogP contribution >= 0.6 is 0 Å². The molecule has 0 spiro atoms. The zero-order chi connectivity index (χ0) is 12.5. The molecule has 1 unspecified atom stereocenters. The summed E-state index contributed by atoms with van der Waals surface area (Å²) in [5.74, 6) is -0.165. The van der Waals surface area contributed by atoms with Crippen LogP contribution in [0.15, 0.2) is 30.3 Å². The van der Waals surface area contributed by atoms with Crippen LogP contribution in [0.2, 0.25) is 0 Å². The van der Waals surface area contributed by atoms with Crippen LogP contribution in [0.4, 0.5) is 0 Å². The van der Waals surface area contributed by atoms with Gasteiger partial charge in [0, 0.05) is 12.5 Å². The van der Waals surface area contributed by atoms with E-state index in [-0.39, 0.29) is 11.9 Å². The highest BCUT2D eigenvalue weighted by atomic mass is 16.6. The summed E-state index contributed by atoms with van der Waals surface area (Å²) in [6.45, 7) is 2.42. The predicted molar refractivity (Wildman–Crippen MR) is 66.9 cm³/mol. The molecule has 0 bridgehead atoms. The Morgan fingerprint density at radius 2 is 2.12 bits per heavy atom. The smallest absolute Gasteiger partial charge is 0.245 e. The lowest BCUT2D eigenvalue weighted by Gasteiger charge is -2.10. The second-order valence-corrected chi connectivity index (χ2v) is 4.05. The first-order chi connectivity index (χ1) is 8.22. The van der Waals surface area contributed by atoms with Crippen LogP contribution in [-0.4, -0.2) is 11.9 Å². The summed E-state index contributed by atoms with van der Waals surface area (Å²) >= 11 is 0. The van der Waals surface area contributed by atoms with Gasteiger partial charge in [-0.1, -0.05) is 43.7 Å². The molecule has 0 aliphatic rings. The van der Waals surface area contributed by atoms with E-state index in [1.54, 1.807) is 0 Å². The first-order valence-electron chi connectivity index (χ1n) is 5.92. The molecule has 1 aromatic rings. The minimum absolute atomic E-state index is 0.0830. The minimum atomic E-state index is -0.165. The number of amides is 1. The molecule has 0 saturated carbocycles. The zero-order valence-electron chi connectivity index (χ0n) is 10.2.